The summed E-state index contributed by atoms with van der Waals surface area (Å²) in [6.45, 7) is -0.00452. The number of aliphatic hydroxyl groups is 1. The molecule has 2 rings (SSSR count). The molecule has 0 fully saturated rings. The number of carbonyl (C=O) groups excluding carboxylic acids is 2. The number of hydrogen-bond donors (Lipinski definition) is 4. The highest BCUT2D eigenvalue weighted by Gasteiger charge is 2.21. The minimum atomic E-state index is -0.591. The van der Waals surface area contributed by atoms with Gasteiger partial charge >= 0.3 is 0 Å². The standard InChI is InChI=1S/C21H26N2O4/c24-14-13-22-21(26)19(15-20(25)23-27)8-4-5-16-9-11-18(12-10-16)17-6-2-1-3-7-17/h1-3,6-7,9-12,19,24,27H,4-5,8,13-15H2,(H,22,26)(H,23,25)/t19-/m1/s1. The third-order valence-corrected chi connectivity index (χ3v) is 4.42. The minimum Gasteiger partial charge on any atom is -0.395 e. The first-order valence-corrected chi connectivity index (χ1v) is 9.10. The summed E-state index contributed by atoms with van der Waals surface area (Å²) in [6.07, 6.45) is 1.96. The molecular formula is C21H26N2O4. The number of amides is 2. The number of rotatable bonds is 10. The summed E-state index contributed by atoms with van der Waals surface area (Å²) in [6, 6.07) is 18.4. The van der Waals surface area contributed by atoms with Crippen molar-refractivity contribution in [3.63, 3.8) is 0 Å². The third-order valence-electron chi connectivity index (χ3n) is 4.42. The van der Waals surface area contributed by atoms with E-state index in [2.05, 4.69) is 41.7 Å². The van der Waals surface area contributed by atoms with E-state index >= 15 is 0 Å². The summed E-state index contributed by atoms with van der Waals surface area (Å²) in [4.78, 5) is 23.5. The highest BCUT2D eigenvalue weighted by atomic mass is 16.5. The van der Waals surface area contributed by atoms with Gasteiger partial charge in [-0.2, -0.15) is 0 Å². The van der Waals surface area contributed by atoms with E-state index in [4.69, 9.17) is 10.3 Å². The number of aliphatic hydroxyl groups excluding tert-OH is 1. The molecule has 6 heteroatoms. The molecule has 2 aromatic rings. The van der Waals surface area contributed by atoms with Gasteiger partial charge in [0.1, 0.15) is 0 Å². The van der Waals surface area contributed by atoms with E-state index in [0.717, 1.165) is 24.0 Å². The van der Waals surface area contributed by atoms with Gasteiger partial charge in [0.05, 0.1) is 6.61 Å². The topological polar surface area (TPSA) is 98.7 Å². The molecule has 0 unspecified atom stereocenters. The second kappa shape index (κ2) is 11.1. The normalized spacial score (nSPS) is 11.6. The van der Waals surface area contributed by atoms with Crippen molar-refractivity contribution in [3.8, 4) is 11.1 Å². The predicted molar refractivity (Wildman–Crippen MR) is 103 cm³/mol. The number of benzene rings is 2. The molecular weight excluding hydrogens is 344 g/mol. The first-order chi connectivity index (χ1) is 13.1. The van der Waals surface area contributed by atoms with Crippen LogP contribution in [0.1, 0.15) is 24.8 Å². The second-order valence-electron chi connectivity index (χ2n) is 6.41. The van der Waals surface area contributed by atoms with Crippen LogP contribution >= 0.6 is 0 Å². The molecule has 0 saturated carbocycles. The zero-order valence-corrected chi connectivity index (χ0v) is 15.2. The molecule has 0 heterocycles. The van der Waals surface area contributed by atoms with Gasteiger partial charge in [-0.05, 0) is 36.0 Å². The van der Waals surface area contributed by atoms with Gasteiger partial charge in [-0.1, -0.05) is 54.6 Å². The fourth-order valence-corrected chi connectivity index (χ4v) is 2.97. The van der Waals surface area contributed by atoms with Gasteiger partial charge in [-0.3, -0.25) is 14.8 Å². The number of aryl methyl sites for hydroxylation is 1. The summed E-state index contributed by atoms with van der Waals surface area (Å²) in [7, 11) is 0. The Bertz CT molecular complexity index is 717. The third kappa shape index (κ3) is 6.84. The Kier molecular flexibility index (Phi) is 8.48. The fraction of sp³-hybridized carbons (Fsp3) is 0.333. The Morgan fingerprint density at radius 2 is 1.63 bits per heavy atom. The van der Waals surface area contributed by atoms with Crippen LogP contribution in [-0.2, 0) is 16.0 Å². The van der Waals surface area contributed by atoms with E-state index < -0.39 is 11.8 Å². The number of hydrogen-bond acceptors (Lipinski definition) is 4. The first-order valence-electron chi connectivity index (χ1n) is 9.10. The highest BCUT2D eigenvalue weighted by molar-refractivity contribution is 5.85. The minimum absolute atomic E-state index is 0.0826. The van der Waals surface area contributed by atoms with Crippen molar-refractivity contribution >= 4 is 11.8 Å². The molecule has 0 radical (unpaired) electrons. The Labute approximate surface area is 159 Å². The summed E-state index contributed by atoms with van der Waals surface area (Å²) in [5, 5.41) is 20.1. The maximum absolute atomic E-state index is 12.1. The quantitative estimate of drug-likeness (QED) is 0.381. The van der Waals surface area contributed by atoms with Crippen molar-refractivity contribution in [2.45, 2.75) is 25.7 Å². The Morgan fingerprint density at radius 1 is 0.963 bits per heavy atom. The van der Waals surface area contributed by atoms with Crippen LogP contribution in [0.4, 0.5) is 0 Å². The maximum Gasteiger partial charge on any atom is 0.244 e. The fourth-order valence-electron chi connectivity index (χ4n) is 2.97. The van der Waals surface area contributed by atoms with E-state index in [1.165, 1.54) is 5.56 Å². The number of carbonyl (C=O) groups is 2. The van der Waals surface area contributed by atoms with Crippen molar-refractivity contribution in [3.05, 3.63) is 60.2 Å². The van der Waals surface area contributed by atoms with Gasteiger partial charge in [-0.15, -0.1) is 0 Å². The SMILES string of the molecule is O=C(C[C@@H](CCCc1ccc(-c2ccccc2)cc1)C(=O)NCCO)NO. The van der Waals surface area contributed by atoms with Gasteiger partial charge in [0.25, 0.3) is 0 Å². The van der Waals surface area contributed by atoms with E-state index in [-0.39, 0.29) is 25.5 Å². The van der Waals surface area contributed by atoms with Gasteiger partial charge in [0, 0.05) is 18.9 Å². The molecule has 144 valence electrons. The lowest BCUT2D eigenvalue weighted by Crippen LogP contribution is -2.35. The molecule has 2 aromatic carbocycles. The maximum atomic E-state index is 12.1. The molecule has 0 aliphatic heterocycles. The zero-order valence-electron chi connectivity index (χ0n) is 15.2. The van der Waals surface area contributed by atoms with Crippen LogP contribution < -0.4 is 10.8 Å². The molecule has 0 spiro atoms. The van der Waals surface area contributed by atoms with Crippen LogP contribution in [0.2, 0.25) is 0 Å². The summed E-state index contributed by atoms with van der Waals surface area (Å²) >= 11 is 0. The van der Waals surface area contributed by atoms with Crippen molar-refractivity contribution in [1.82, 2.24) is 10.8 Å². The molecule has 1 atom stereocenters. The molecule has 2 amide bonds. The molecule has 0 aliphatic carbocycles. The van der Waals surface area contributed by atoms with E-state index in [9.17, 15) is 9.59 Å². The van der Waals surface area contributed by atoms with Gasteiger partial charge < -0.3 is 10.4 Å². The molecule has 6 nitrogen and oxygen atoms in total. The smallest absolute Gasteiger partial charge is 0.244 e. The van der Waals surface area contributed by atoms with Crippen molar-refractivity contribution in [1.29, 1.82) is 0 Å². The Morgan fingerprint density at radius 3 is 2.26 bits per heavy atom. The number of hydroxylamine groups is 1. The van der Waals surface area contributed by atoms with Crippen molar-refractivity contribution < 1.29 is 19.9 Å². The van der Waals surface area contributed by atoms with Crippen molar-refractivity contribution in [2.75, 3.05) is 13.2 Å². The molecule has 4 N–H and O–H groups in total. The predicted octanol–water partition coefficient (Wildman–Crippen LogP) is 2.30. The molecule has 0 aliphatic rings. The highest BCUT2D eigenvalue weighted by Crippen LogP contribution is 2.21. The average Bonchev–Trinajstić information content (AvgIpc) is 2.72. The first kappa shape index (κ1) is 20.6. The van der Waals surface area contributed by atoms with Crippen LogP contribution in [-0.4, -0.2) is 35.3 Å². The van der Waals surface area contributed by atoms with Crippen molar-refractivity contribution in [2.24, 2.45) is 5.92 Å². The molecule has 0 aromatic heterocycles. The summed E-state index contributed by atoms with van der Waals surface area (Å²) in [5.74, 6) is -1.41. The van der Waals surface area contributed by atoms with Gasteiger partial charge in [-0.25, -0.2) is 5.48 Å². The molecule has 0 bridgehead atoms. The van der Waals surface area contributed by atoms with Crippen LogP contribution in [0, 0.1) is 5.92 Å². The Balaban J connectivity index is 1.89. The van der Waals surface area contributed by atoms with Gasteiger partial charge in [0.2, 0.25) is 11.8 Å². The van der Waals surface area contributed by atoms with E-state index in [1.807, 2.05) is 18.2 Å². The van der Waals surface area contributed by atoms with Crippen LogP contribution in [0.25, 0.3) is 11.1 Å². The molecule has 0 saturated heterocycles. The largest absolute Gasteiger partial charge is 0.395 e. The van der Waals surface area contributed by atoms with Crippen LogP contribution in [0.5, 0.6) is 0 Å². The Hall–Kier alpha value is -2.70. The summed E-state index contributed by atoms with van der Waals surface area (Å²) in [5.41, 5.74) is 5.05. The van der Waals surface area contributed by atoms with Crippen LogP contribution in [0.15, 0.2) is 54.6 Å². The van der Waals surface area contributed by atoms with Gasteiger partial charge in [0.15, 0.2) is 0 Å². The lowest BCUT2D eigenvalue weighted by atomic mass is 9.95. The van der Waals surface area contributed by atoms with E-state index in [0.29, 0.717) is 6.42 Å². The lowest BCUT2D eigenvalue weighted by molar-refractivity contribution is -0.135. The monoisotopic (exact) mass is 370 g/mol. The second-order valence-corrected chi connectivity index (χ2v) is 6.41. The zero-order chi connectivity index (χ0) is 19.5. The average molecular weight is 370 g/mol. The van der Waals surface area contributed by atoms with E-state index in [1.54, 1.807) is 5.48 Å². The lowest BCUT2D eigenvalue weighted by Gasteiger charge is -2.15. The number of nitrogens with one attached hydrogen (secondary N) is 2. The van der Waals surface area contributed by atoms with Crippen LogP contribution in [0.3, 0.4) is 0 Å². The molecule has 27 heavy (non-hydrogen) atoms. The summed E-state index contributed by atoms with van der Waals surface area (Å²) < 4.78 is 0.